The van der Waals surface area contributed by atoms with Gasteiger partial charge in [-0.15, -0.1) is 0 Å². The molecule has 4 rings (SSSR count). The van der Waals surface area contributed by atoms with Gasteiger partial charge in [0.05, 0.1) is 6.20 Å². The number of aromatic nitrogens is 2. The van der Waals surface area contributed by atoms with Crippen LogP contribution >= 0.6 is 0 Å². The van der Waals surface area contributed by atoms with Gasteiger partial charge in [-0.2, -0.15) is 5.10 Å². The molecule has 2 aliphatic rings. The number of H-pyrrole nitrogens is 1. The van der Waals surface area contributed by atoms with E-state index < -0.39 is 0 Å². The number of aromatic amines is 1. The van der Waals surface area contributed by atoms with Gasteiger partial charge >= 0.3 is 0 Å². The summed E-state index contributed by atoms with van der Waals surface area (Å²) in [4.78, 5) is 2.52. The van der Waals surface area contributed by atoms with Crippen molar-refractivity contribution in [2.24, 2.45) is 0 Å². The Kier molecular flexibility index (Phi) is 3.47. The Labute approximate surface area is 130 Å². The van der Waals surface area contributed by atoms with E-state index in [1.165, 1.54) is 28.8 Å². The Morgan fingerprint density at radius 2 is 2.27 bits per heavy atom. The van der Waals surface area contributed by atoms with Crippen LogP contribution in [0.1, 0.15) is 29.2 Å². The van der Waals surface area contributed by atoms with Crippen LogP contribution < -0.4 is 4.74 Å². The third-order valence-electron chi connectivity index (χ3n) is 4.67. The molecule has 1 unspecified atom stereocenters. The Hall–Kier alpha value is -2.07. The van der Waals surface area contributed by atoms with Crippen molar-refractivity contribution in [1.82, 2.24) is 15.1 Å². The van der Waals surface area contributed by atoms with E-state index in [2.05, 4.69) is 40.2 Å². The smallest absolute Gasteiger partial charge is 0.127 e. The lowest BCUT2D eigenvalue weighted by atomic mass is 10.0. The van der Waals surface area contributed by atoms with E-state index in [9.17, 15) is 0 Å². The first-order valence-electron chi connectivity index (χ1n) is 7.93. The van der Waals surface area contributed by atoms with E-state index >= 15 is 0 Å². The van der Waals surface area contributed by atoms with Crippen LogP contribution in [0.25, 0.3) is 6.08 Å². The number of ether oxygens (including phenoxy) is 1. The zero-order valence-electron chi connectivity index (χ0n) is 12.9. The number of nitrogens with one attached hydrogen (secondary N) is 1. The summed E-state index contributed by atoms with van der Waals surface area (Å²) < 4.78 is 5.85. The molecule has 4 nitrogen and oxygen atoms in total. The number of benzene rings is 1. The number of rotatable bonds is 3. The summed E-state index contributed by atoms with van der Waals surface area (Å²) in [7, 11) is 0. The van der Waals surface area contributed by atoms with Crippen molar-refractivity contribution in [3.05, 3.63) is 52.9 Å². The highest BCUT2D eigenvalue weighted by molar-refractivity contribution is 5.62. The molecule has 4 heteroatoms. The highest BCUT2D eigenvalue weighted by atomic mass is 16.5. The Bertz CT molecular complexity index is 704. The summed E-state index contributed by atoms with van der Waals surface area (Å²) in [6, 6.07) is 8.24. The Morgan fingerprint density at radius 3 is 3.14 bits per heavy atom. The summed E-state index contributed by atoms with van der Waals surface area (Å²) in [6.45, 7) is 6.08. The lowest BCUT2D eigenvalue weighted by Crippen LogP contribution is -2.26. The highest BCUT2D eigenvalue weighted by Gasteiger charge is 2.27. The quantitative estimate of drug-likeness (QED) is 0.946. The predicted octanol–water partition coefficient (Wildman–Crippen LogP) is 2.98. The van der Waals surface area contributed by atoms with E-state index in [1.54, 1.807) is 0 Å². The molecule has 0 aliphatic carbocycles. The number of nitrogens with zero attached hydrogens (tertiary/aromatic N) is 2. The van der Waals surface area contributed by atoms with Gasteiger partial charge in [0, 0.05) is 30.3 Å². The first kappa shape index (κ1) is 13.6. The maximum absolute atomic E-state index is 5.85. The van der Waals surface area contributed by atoms with Gasteiger partial charge in [-0.05, 0) is 43.2 Å². The molecule has 2 aliphatic heterocycles. The van der Waals surface area contributed by atoms with Crippen LogP contribution in [0.15, 0.2) is 36.0 Å². The van der Waals surface area contributed by atoms with E-state index in [4.69, 9.17) is 4.74 Å². The molecule has 0 saturated carbocycles. The minimum Gasteiger partial charge on any atom is -0.489 e. The van der Waals surface area contributed by atoms with Crippen LogP contribution in [0.2, 0.25) is 0 Å². The number of fused-ring (bicyclic) bond motifs is 1. The molecule has 1 N–H and O–H groups in total. The third kappa shape index (κ3) is 2.55. The van der Waals surface area contributed by atoms with Crippen LogP contribution in [0.4, 0.5) is 0 Å². The predicted molar refractivity (Wildman–Crippen MR) is 87.0 cm³/mol. The number of hydrogen-bond donors (Lipinski definition) is 1. The monoisotopic (exact) mass is 295 g/mol. The van der Waals surface area contributed by atoms with Gasteiger partial charge in [0.15, 0.2) is 0 Å². The fourth-order valence-corrected chi connectivity index (χ4v) is 3.52. The molecule has 0 bridgehead atoms. The van der Waals surface area contributed by atoms with Gasteiger partial charge in [-0.1, -0.05) is 18.2 Å². The van der Waals surface area contributed by atoms with Crippen molar-refractivity contribution < 1.29 is 4.74 Å². The Balaban J connectivity index is 1.43. The molecule has 3 heterocycles. The minimum atomic E-state index is 0.583. The molecule has 1 aromatic carbocycles. The lowest BCUT2D eigenvalue weighted by Gasteiger charge is -2.22. The molecule has 1 aromatic heterocycles. The first-order valence-corrected chi connectivity index (χ1v) is 7.93. The maximum Gasteiger partial charge on any atom is 0.127 e. The molecular weight excluding hydrogens is 274 g/mol. The zero-order chi connectivity index (χ0) is 14.9. The molecular formula is C18H21N3O. The molecule has 114 valence electrons. The molecule has 1 atom stereocenters. The van der Waals surface area contributed by atoms with Crippen molar-refractivity contribution in [3.8, 4) is 5.75 Å². The minimum absolute atomic E-state index is 0.583. The van der Waals surface area contributed by atoms with Crippen molar-refractivity contribution in [1.29, 1.82) is 0 Å². The summed E-state index contributed by atoms with van der Waals surface area (Å²) in [5.41, 5.74) is 5.15. The zero-order valence-corrected chi connectivity index (χ0v) is 12.9. The van der Waals surface area contributed by atoms with Crippen LogP contribution in [-0.2, 0) is 0 Å². The topological polar surface area (TPSA) is 41.2 Å². The number of para-hydroxylation sites is 1. The molecule has 2 aromatic rings. The van der Waals surface area contributed by atoms with E-state index in [-0.39, 0.29) is 0 Å². The van der Waals surface area contributed by atoms with E-state index in [0.29, 0.717) is 12.5 Å². The van der Waals surface area contributed by atoms with Crippen LogP contribution in [-0.4, -0.2) is 41.3 Å². The molecule has 1 fully saturated rings. The summed E-state index contributed by atoms with van der Waals surface area (Å²) >= 11 is 0. The fourth-order valence-electron chi connectivity index (χ4n) is 3.52. The van der Waals surface area contributed by atoms with Gasteiger partial charge in [-0.3, -0.25) is 10.00 Å². The highest BCUT2D eigenvalue weighted by Crippen LogP contribution is 2.30. The van der Waals surface area contributed by atoms with Crippen molar-refractivity contribution >= 4 is 6.08 Å². The summed E-state index contributed by atoms with van der Waals surface area (Å²) in [5, 5.41) is 7.33. The molecule has 0 amide bonds. The summed E-state index contributed by atoms with van der Waals surface area (Å²) in [5.74, 6) is 1.58. The van der Waals surface area contributed by atoms with Crippen molar-refractivity contribution in [2.75, 3.05) is 26.2 Å². The molecule has 22 heavy (non-hydrogen) atoms. The molecule has 0 radical (unpaired) electrons. The van der Waals surface area contributed by atoms with Gasteiger partial charge < -0.3 is 4.74 Å². The maximum atomic E-state index is 5.85. The van der Waals surface area contributed by atoms with E-state index in [0.717, 1.165) is 25.4 Å². The fraction of sp³-hybridized carbons (Fsp3) is 0.389. The second kappa shape index (κ2) is 5.61. The van der Waals surface area contributed by atoms with Crippen LogP contribution in [0.5, 0.6) is 5.75 Å². The van der Waals surface area contributed by atoms with Crippen molar-refractivity contribution in [2.45, 2.75) is 19.3 Å². The SMILES string of the molecule is Cc1cn[nH]c1C1CCN(CC2=Cc3ccccc3OC2)C1. The molecule has 0 spiro atoms. The summed E-state index contributed by atoms with van der Waals surface area (Å²) in [6.07, 6.45) is 5.41. The largest absolute Gasteiger partial charge is 0.489 e. The second-order valence-corrected chi connectivity index (χ2v) is 6.32. The number of aryl methyl sites for hydroxylation is 1. The van der Waals surface area contributed by atoms with Gasteiger partial charge in [0.1, 0.15) is 12.4 Å². The van der Waals surface area contributed by atoms with Gasteiger partial charge in [0.25, 0.3) is 0 Å². The second-order valence-electron chi connectivity index (χ2n) is 6.32. The standard InChI is InChI=1S/C18H21N3O/c1-13-9-19-20-18(13)16-6-7-21(11-16)10-14-8-15-4-2-3-5-17(15)22-12-14/h2-5,8-9,16H,6-7,10-12H2,1H3,(H,19,20). The van der Waals surface area contributed by atoms with E-state index in [1.807, 2.05) is 18.3 Å². The average molecular weight is 295 g/mol. The van der Waals surface area contributed by atoms with Gasteiger partial charge in [0.2, 0.25) is 0 Å². The average Bonchev–Trinajstić information content (AvgIpc) is 3.16. The van der Waals surface area contributed by atoms with Crippen LogP contribution in [0.3, 0.4) is 0 Å². The number of likely N-dealkylation sites (tertiary alicyclic amines) is 1. The van der Waals surface area contributed by atoms with Gasteiger partial charge in [-0.25, -0.2) is 0 Å². The first-order chi connectivity index (χ1) is 10.8. The Morgan fingerprint density at radius 1 is 1.36 bits per heavy atom. The normalized spacial score (nSPS) is 21.3. The molecule has 1 saturated heterocycles. The van der Waals surface area contributed by atoms with Crippen LogP contribution in [0, 0.1) is 6.92 Å². The number of hydrogen-bond acceptors (Lipinski definition) is 3. The lowest BCUT2D eigenvalue weighted by molar-refractivity contribution is 0.308. The third-order valence-corrected chi connectivity index (χ3v) is 4.67. The van der Waals surface area contributed by atoms with Crippen molar-refractivity contribution in [3.63, 3.8) is 0 Å².